The summed E-state index contributed by atoms with van der Waals surface area (Å²) in [5.74, 6) is -0.541. The normalized spacial score (nSPS) is 12.2. The number of rotatable bonds is 3. The first-order chi connectivity index (χ1) is 9.52. The van der Waals surface area contributed by atoms with Crippen LogP contribution in [0.2, 0.25) is 0 Å². The molecule has 1 atom stereocenters. The van der Waals surface area contributed by atoms with Gasteiger partial charge in [0.05, 0.1) is 13.2 Å². The van der Waals surface area contributed by atoms with Crippen LogP contribution in [-0.2, 0) is 14.4 Å². The summed E-state index contributed by atoms with van der Waals surface area (Å²) in [6, 6.07) is 9.58. The fraction of sp³-hybridized carbons (Fsp3) is 0.286. The maximum absolute atomic E-state index is 10.9. The molecule has 106 valence electrons. The standard InChI is InChI=1S/C14H16N2O3S/c1-9(16(18-3)14(15)19-10(2)17)13-8-11-6-4-5-7-12(11)20-13/h4-9,15H,1-3H3. The first kappa shape index (κ1) is 14.5. The van der Waals surface area contributed by atoms with E-state index in [9.17, 15) is 4.79 Å². The summed E-state index contributed by atoms with van der Waals surface area (Å²) in [4.78, 5) is 17.1. The lowest BCUT2D eigenvalue weighted by Crippen LogP contribution is -2.34. The van der Waals surface area contributed by atoms with Gasteiger partial charge in [-0.15, -0.1) is 11.3 Å². The highest BCUT2D eigenvalue weighted by molar-refractivity contribution is 7.19. The highest BCUT2D eigenvalue weighted by Crippen LogP contribution is 2.32. The minimum absolute atomic E-state index is 0.218. The molecule has 0 aliphatic carbocycles. The quantitative estimate of drug-likeness (QED) is 0.408. The van der Waals surface area contributed by atoms with Crippen molar-refractivity contribution in [1.29, 1.82) is 5.41 Å². The molecule has 0 saturated heterocycles. The zero-order valence-electron chi connectivity index (χ0n) is 11.5. The molecule has 0 aliphatic rings. The smallest absolute Gasteiger partial charge is 0.317 e. The van der Waals surface area contributed by atoms with Gasteiger partial charge in [-0.05, 0) is 24.4 Å². The Morgan fingerprint density at radius 3 is 2.70 bits per heavy atom. The van der Waals surface area contributed by atoms with Gasteiger partial charge in [-0.25, -0.2) is 5.41 Å². The summed E-state index contributed by atoms with van der Waals surface area (Å²) in [5, 5.41) is 10.2. The van der Waals surface area contributed by atoms with Crippen molar-refractivity contribution in [2.24, 2.45) is 0 Å². The number of carbonyl (C=O) groups excluding carboxylic acids is 1. The van der Waals surface area contributed by atoms with Crippen molar-refractivity contribution in [1.82, 2.24) is 5.06 Å². The Morgan fingerprint density at radius 2 is 2.10 bits per heavy atom. The molecule has 1 unspecified atom stereocenters. The summed E-state index contributed by atoms with van der Waals surface area (Å²) < 4.78 is 5.94. The van der Waals surface area contributed by atoms with Crippen LogP contribution in [0.15, 0.2) is 30.3 Å². The maximum atomic E-state index is 10.9. The minimum Gasteiger partial charge on any atom is -0.391 e. The van der Waals surface area contributed by atoms with E-state index in [2.05, 4.69) is 6.07 Å². The molecule has 1 N–H and O–H groups in total. The highest BCUT2D eigenvalue weighted by atomic mass is 32.1. The van der Waals surface area contributed by atoms with Gasteiger partial charge in [0.15, 0.2) is 0 Å². The summed E-state index contributed by atoms with van der Waals surface area (Å²) in [6.45, 7) is 3.15. The second-order valence-corrected chi connectivity index (χ2v) is 5.39. The largest absolute Gasteiger partial charge is 0.391 e. The van der Waals surface area contributed by atoms with Crippen LogP contribution < -0.4 is 0 Å². The summed E-state index contributed by atoms with van der Waals surface area (Å²) in [6.07, 6.45) is 0. The SMILES string of the molecule is CON(C(=N)OC(C)=O)C(C)c1cc2ccccc2s1. The molecule has 1 aromatic heterocycles. The predicted octanol–water partition coefficient (Wildman–Crippen LogP) is 3.32. The van der Waals surface area contributed by atoms with Crippen LogP contribution in [0.5, 0.6) is 0 Å². The molecule has 0 aliphatic heterocycles. The third kappa shape index (κ3) is 2.97. The summed E-state index contributed by atoms with van der Waals surface area (Å²) >= 11 is 1.63. The monoisotopic (exact) mass is 292 g/mol. The number of fused-ring (bicyclic) bond motifs is 1. The Bertz CT molecular complexity index is 605. The topological polar surface area (TPSA) is 62.6 Å². The van der Waals surface area contributed by atoms with Gasteiger partial charge in [-0.2, -0.15) is 5.06 Å². The van der Waals surface area contributed by atoms with Gasteiger partial charge in [0.25, 0.3) is 0 Å². The van der Waals surface area contributed by atoms with Crippen LogP contribution in [0.3, 0.4) is 0 Å². The second kappa shape index (κ2) is 6.02. The molecule has 0 radical (unpaired) electrons. The molecule has 0 bridgehead atoms. The van der Waals surface area contributed by atoms with Crippen LogP contribution >= 0.6 is 11.3 Å². The van der Waals surface area contributed by atoms with Crippen LogP contribution in [-0.4, -0.2) is 24.2 Å². The Balaban J connectivity index is 2.25. The van der Waals surface area contributed by atoms with Gasteiger partial charge in [0.2, 0.25) is 0 Å². The third-order valence-electron chi connectivity index (χ3n) is 2.85. The predicted molar refractivity (Wildman–Crippen MR) is 78.6 cm³/mol. The molecule has 0 amide bonds. The molecule has 2 rings (SSSR count). The molecule has 0 fully saturated rings. The molecule has 1 heterocycles. The molecule has 1 aromatic carbocycles. The van der Waals surface area contributed by atoms with Crippen molar-refractivity contribution >= 4 is 33.4 Å². The van der Waals surface area contributed by atoms with E-state index in [4.69, 9.17) is 15.0 Å². The van der Waals surface area contributed by atoms with E-state index < -0.39 is 5.97 Å². The van der Waals surface area contributed by atoms with Gasteiger partial charge < -0.3 is 4.74 Å². The van der Waals surface area contributed by atoms with Gasteiger partial charge >= 0.3 is 12.0 Å². The average Bonchev–Trinajstić information content (AvgIpc) is 2.82. The zero-order chi connectivity index (χ0) is 14.7. The van der Waals surface area contributed by atoms with Gasteiger partial charge in [0.1, 0.15) is 0 Å². The van der Waals surface area contributed by atoms with Crippen molar-refractivity contribution in [2.45, 2.75) is 19.9 Å². The number of hydrogen-bond acceptors (Lipinski definition) is 5. The van der Waals surface area contributed by atoms with E-state index >= 15 is 0 Å². The van der Waals surface area contributed by atoms with Gasteiger partial charge in [0, 0.05) is 16.5 Å². The van der Waals surface area contributed by atoms with Crippen LogP contribution in [0.4, 0.5) is 0 Å². The number of benzene rings is 1. The number of nitrogens with zero attached hydrogens (tertiary/aromatic N) is 1. The number of ether oxygens (including phenoxy) is 1. The molecular weight excluding hydrogens is 276 g/mol. The Hall–Kier alpha value is -1.92. The van der Waals surface area contributed by atoms with Crippen molar-refractivity contribution in [2.75, 3.05) is 7.11 Å². The van der Waals surface area contributed by atoms with E-state index in [0.717, 1.165) is 10.3 Å². The summed E-state index contributed by atoms with van der Waals surface area (Å²) in [5.41, 5.74) is 0. The van der Waals surface area contributed by atoms with Crippen LogP contribution in [0.25, 0.3) is 10.1 Å². The fourth-order valence-electron chi connectivity index (χ4n) is 1.92. The first-order valence-corrected chi connectivity index (χ1v) is 6.93. The zero-order valence-corrected chi connectivity index (χ0v) is 12.4. The third-order valence-corrected chi connectivity index (χ3v) is 4.13. The average molecular weight is 292 g/mol. The lowest BCUT2D eigenvalue weighted by atomic mass is 10.2. The molecule has 5 nitrogen and oxygen atoms in total. The van der Waals surface area contributed by atoms with Gasteiger partial charge in [-0.3, -0.25) is 9.63 Å². The summed E-state index contributed by atoms with van der Waals surface area (Å²) in [7, 11) is 1.45. The van der Waals surface area contributed by atoms with Crippen molar-refractivity contribution < 1.29 is 14.4 Å². The number of carbonyl (C=O) groups is 1. The number of nitrogens with one attached hydrogen (secondary N) is 1. The van der Waals surface area contributed by atoms with Crippen molar-refractivity contribution in [3.8, 4) is 0 Å². The lowest BCUT2D eigenvalue weighted by Gasteiger charge is -2.26. The van der Waals surface area contributed by atoms with E-state index in [-0.39, 0.29) is 12.1 Å². The van der Waals surface area contributed by atoms with E-state index in [1.807, 2.05) is 31.2 Å². The molecule has 20 heavy (non-hydrogen) atoms. The minimum atomic E-state index is -0.541. The molecule has 2 aromatic rings. The van der Waals surface area contributed by atoms with Crippen LogP contribution in [0, 0.1) is 5.41 Å². The van der Waals surface area contributed by atoms with Crippen molar-refractivity contribution in [3.05, 3.63) is 35.2 Å². The Morgan fingerprint density at radius 1 is 1.40 bits per heavy atom. The van der Waals surface area contributed by atoms with E-state index in [0.29, 0.717) is 0 Å². The van der Waals surface area contributed by atoms with Gasteiger partial charge in [-0.1, -0.05) is 18.2 Å². The fourth-order valence-corrected chi connectivity index (χ4v) is 3.02. The Kier molecular flexibility index (Phi) is 4.36. The van der Waals surface area contributed by atoms with E-state index in [1.165, 1.54) is 23.8 Å². The van der Waals surface area contributed by atoms with E-state index in [1.54, 1.807) is 11.3 Å². The number of esters is 1. The van der Waals surface area contributed by atoms with Crippen LogP contribution in [0.1, 0.15) is 24.8 Å². The molecule has 6 heteroatoms. The Labute approximate surface area is 121 Å². The highest BCUT2D eigenvalue weighted by Gasteiger charge is 2.23. The number of hydrogen-bond donors (Lipinski definition) is 1. The van der Waals surface area contributed by atoms with Crippen molar-refractivity contribution in [3.63, 3.8) is 0 Å². The molecule has 0 spiro atoms. The first-order valence-electron chi connectivity index (χ1n) is 6.11. The lowest BCUT2D eigenvalue weighted by molar-refractivity contribution is -0.144. The molecule has 0 saturated carbocycles. The number of hydroxylamine groups is 2. The molecular formula is C14H16N2O3S. The maximum Gasteiger partial charge on any atom is 0.317 e. The number of thiophene rings is 1. The number of amidine groups is 1. The second-order valence-electron chi connectivity index (χ2n) is 4.27.